The van der Waals surface area contributed by atoms with Crippen molar-refractivity contribution in [3.63, 3.8) is 0 Å². The van der Waals surface area contributed by atoms with Gasteiger partial charge in [-0.1, -0.05) is 0 Å². The Balaban J connectivity index is 1.47. The number of rotatable bonds is 4. The molecule has 2 N–H and O–H groups in total. The SMILES string of the molecule is Cc1cnccc1CNC(=O)CC1CC2CCC(C1)N2. The van der Waals surface area contributed by atoms with Gasteiger partial charge in [-0.25, -0.2) is 0 Å². The lowest BCUT2D eigenvalue weighted by Gasteiger charge is -2.28. The third kappa shape index (κ3) is 3.18. The molecule has 4 nitrogen and oxygen atoms in total. The van der Waals surface area contributed by atoms with E-state index < -0.39 is 0 Å². The van der Waals surface area contributed by atoms with Crippen molar-refractivity contribution in [3.05, 3.63) is 29.6 Å². The highest BCUT2D eigenvalue weighted by molar-refractivity contribution is 5.76. The van der Waals surface area contributed by atoms with Crippen LogP contribution < -0.4 is 10.6 Å². The third-order valence-electron chi connectivity index (χ3n) is 4.66. The van der Waals surface area contributed by atoms with Crippen LogP contribution in [0.4, 0.5) is 0 Å². The molecule has 1 aromatic heterocycles. The monoisotopic (exact) mass is 273 g/mol. The maximum Gasteiger partial charge on any atom is 0.220 e. The van der Waals surface area contributed by atoms with Crippen LogP contribution in [0.3, 0.4) is 0 Å². The van der Waals surface area contributed by atoms with E-state index in [2.05, 4.69) is 15.6 Å². The number of nitrogens with zero attached hydrogens (tertiary/aromatic N) is 1. The van der Waals surface area contributed by atoms with Gasteiger partial charge in [0.15, 0.2) is 0 Å². The number of carbonyl (C=O) groups excluding carboxylic acids is 1. The second kappa shape index (κ2) is 5.92. The molecule has 2 aliphatic rings. The molecule has 3 heterocycles. The molecule has 2 aliphatic heterocycles. The molecule has 2 atom stereocenters. The van der Waals surface area contributed by atoms with E-state index in [4.69, 9.17) is 0 Å². The van der Waals surface area contributed by atoms with Gasteiger partial charge in [0.25, 0.3) is 0 Å². The Bertz CT molecular complexity index is 476. The van der Waals surface area contributed by atoms with Crippen LogP contribution in [0.5, 0.6) is 0 Å². The predicted octanol–water partition coefficient (Wildman–Crippen LogP) is 1.93. The second-order valence-corrected chi connectivity index (χ2v) is 6.26. The Labute approximate surface area is 120 Å². The molecule has 2 bridgehead atoms. The van der Waals surface area contributed by atoms with Crippen molar-refractivity contribution < 1.29 is 4.79 Å². The van der Waals surface area contributed by atoms with Crippen LogP contribution in [-0.4, -0.2) is 23.0 Å². The normalized spacial score (nSPS) is 28.4. The zero-order valence-electron chi connectivity index (χ0n) is 12.1. The summed E-state index contributed by atoms with van der Waals surface area (Å²) < 4.78 is 0. The van der Waals surface area contributed by atoms with Crippen LogP contribution in [0, 0.1) is 12.8 Å². The average Bonchev–Trinajstić information content (AvgIpc) is 2.77. The fourth-order valence-electron chi connectivity index (χ4n) is 3.57. The van der Waals surface area contributed by atoms with Crippen molar-refractivity contribution in [1.82, 2.24) is 15.6 Å². The van der Waals surface area contributed by atoms with Crippen molar-refractivity contribution in [1.29, 1.82) is 0 Å². The number of hydrogen-bond acceptors (Lipinski definition) is 3. The summed E-state index contributed by atoms with van der Waals surface area (Å²) in [5, 5.41) is 6.67. The van der Waals surface area contributed by atoms with Crippen LogP contribution in [0.25, 0.3) is 0 Å². The van der Waals surface area contributed by atoms with Gasteiger partial charge >= 0.3 is 0 Å². The first-order chi connectivity index (χ1) is 9.70. The van der Waals surface area contributed by atoms with E-state index in [-0.39, 0.29) is 5.91 Å². The van der Waals surface area contributed by atoms with E-state index in [1.165, 1.54) is 12.8 Å². The second-order valence-electron chi connectivity index (χ2n) is 6.26. The first-order valence-electron chi connectivity index (χ1n) is 7.63. The van der Waals surface area contributed by atoms with Gasteiger partial charge in [0.2, 0.25) is 5.91 Å². The minimum Gasteiger partial charge on any atom is -0.352 e. The summed E-state index contributed by atoms with van der Waals surface area (Å²) >= 11 is 0. The summed E-state index contributed by atoms with van der Waals surface area (Å²) in [6.07, 6.45) is 9.21. The number of aromatic nitrogens is 1. The van der Waals surface area contributed by atoms with E-state index in [1.807, 2.05) is 19.2 Å². The average molecular weight is 273 g/mol. The zero-order chi connectivity index (χ0) is 13.9. The molecule has 4 heteroatoms. The van der Waals surface area contributed by atoms with Crippen molar-refractivity contribution in [2.45, 2.75) is 57.7 Å². The molecule has 2 fully saturated rings. The molecule has 0 aliphatic carbocycles. The van der Waals surface area contributed by atoms with Gasteiger partial charge in [0.05, 0.1) is 0 Å². The van der Waals surface area contributed by atoms with Crippen molar-refractivity contribution >= 4 is 5.91 Å². The van der Waals surface area contributed by atoms with Crippen LogP contribution >= 0.6 is 0 Å². The minimum atomic E-state index is 0.188. The zero-order valence-corrected chi connectivity index (χ0v) is 12.1. The van der Waals surface area contributed by atoms with Gasteiger partial charge in [-0.05, 0) is 55.7 Å². The standard InChI is InChI=1S/C16H23N3O/c1-11-9-17-5-4-13(11)10-18-16(20)8-12-6-14-2-3-15(7-12)19-14/h4-5,9,12,14-15,19H,2-3,6-8,10H2,1H3,(H,18,20). The summed E-state index contributed by atoms with van der Waals surface area (Å²) in [4.78, 5) is 16.2. The largest absolute Gasteiger partial charge is 0.352 e. The lowest BCUT2D eigenvalue weighted by molar-refractivity contribution is -0.122. The van der Waals surface area contributed by atoms with Crippen LogP contribution in [0.2, 0.25) is 0 Å². The van der Waals surface area contributed by atoms with Crippen LogP contribution in [0.1, 0.15) is 43.2 Å². The first kappa shape index (κ1) is 13.6. The molecule has 20 heavy (non-hydrogen) atoms. The Kier molecular flexibility index (Phi) is 4.01. The molecule has 1 aromatic rings. The van der Waals surface area contributed by atoms with E-state index in [0.29, 0.717) is 31.0 Å². The van der Waals surface area contributed by atoms with E-state index in [1.54, 1.807) is 6.20 Å². The molecule has 2 saturated heterocycles. The minimum absolute atomic E-state index is 0.188. The maximum absolute atomic E-state index is 12.1. The van der Waals surface area contributed by atoms with Gasteiger partial charge in [0, 0.05) is 37.4 Å². The topological polar surface area (TPSA) is 54.0 Å². The van der Waals surface area contributed by atoms with E-state index >= 15 is 0 Å². The van der Waals surface area contributed by atoms with Crippen molar-refractivity contribution in [2.75, 3.05) is 0 Å². The molecule has 0 spiro atoms. The fourth-order valence-corrected chi connectivity index (χ4v) is 3.57. The highest BCUT2D eigenvalue weighted by Gasteiger charge is 2.34. The Morgan fingerprint density at radius 2 is 2.15 bits per heavy atom. The summed E-state index contributed by atoms with van der Waals surface area (Å²) in [6, 6.07) is 3.29. The number of aryl methyl sites for hydroxylation is 1. The third-order valence-corrected chi connectivity index (χ3v) is 4.66. The highest BCUT2D eigenvalue weighted by Crippen LogP contribution is 2.32. The number of hydrogen-bond donors (Lipinski definition) is 2. The first-order valence-corrected chi connectivity index (χ1v) is 7.63. The fraction of sp³-hybridized carbons (Fsp3) is 0.625. The van der Waals surface area contributed by atoms with Gasteiger partial charge in [-0.15, -0.1) is 0 Å². The summed E-state index contributed by atoms with van der Waals surface area (Å²) in [6.45, 7) is 2.64. The van der Waals surface area contributed by atoms with E-state index in [0.717, 1.165) is 24.0 Å². The lowest BCUT2D eigenvalue weighted by Crippen LogP contribution is -2.39. The molecule has 1 amide bonds. The van der Waals surface area contributed by atoms with Crippen LogP contribution in [0.15, 0.2) is 18.5 Å². The quantitative estimate of drug-likeness (QED) is 0.881. The maximum atomic E-state index is 12.1. The van der Waals surface area contributed by atoms with Crippen molar-refractivity contribution in [2.24, 2.45) is 5.92 Å². The molecular formula is C16H23N3O. The summed E-state index contributed by atoms with van der Waals surface area (Å²) in [7, 11) is 0. The molecular weight excluding hydrogens is 250 g/mol. The number of pyridine rings is 1. The molecule has 0 saturated carbocycles. The number of piperidine rings is 1. The molecule has 0 radical (unpaired) electrons. The molecule has 2 unspecified atom stereocenters. The predicted molar refractivity (Wildman–Crippen MR) is 78.1 cm³/mol. The van der Waals surface area contributed by atoms with E-state index in [9.17, 15) is 4.79 Å². The number of amides is 1. The number of carbonyl (C=O) groups is 1. The summed E-state index contributed by atoms with van der Waals surface area (Å²) in [5.41, 5.74) is 2.28. The number of nitrogens with one attached hydrogen (secondary N) is 2. The Morgan fingerprint density at radius 1 is 1.40 bits per heavy atom. The smallest absolute Gasteiger partial charge is 0.220 e. The van der Waals surface area contributed by atoms with Crippen LogP contribution in [-0.2, 0) is 11.3 Å². The lowest BCUT2D eigenvalue weighted by atomic mass is 9.89. The highest BCUT2D eigenvalue weighted by atomic mass is 16.1. The number of fused-ring (bicyclic) bond motifs is 2. The van der Waals surface area contributed by atoms with Crippen molar-refractivity contribution in [3.8, 4) is 0 Å². The van der Waals surface area contributed by atoms with Gasteiger partial charge < -0.3 is 10.6 Å². The van der Waals surface area contributed by atoms with Gasteiger partial charge in [-0.3, -0.25) is 9.78 Å². The van der Waals surface area contributed by atoms with Gasteiger partial charge in [-0.2, -0.15) is 0 Å². The molecule has 108 valence electrons. The Hall–Kier alpha value is -1.42. The Morgan fingerprint density at radius 3 is 2.85 bits per heavy atom. The molecule has 0 aromatic carbocycles. The molecule has 3 rings (SSSR count). The summed E-state index contributed by atoms with van der Waals surface area (Å²) in [5.74, 6) is 0.750. The van der Waals surface area contributed by atoms with Gasteiger partial charge in [0.1, 0.15) is 0 Å².